The van der Waals surface area contributed by atoms with Crippen molar-refractivity contribution < 1.29 is 0 Å². The highest BCUT2D eigenvalue weighted by Crippen LogP contribution is 2.20. The van der Waals surface area contributed by atoms with E-state index in [2.05, 4.69) is 39.6 Å². The zero-order valence-corrected chi connectivity index (χ0v) is 9.17. The van der Waals surface area contributed by atoms with Gasteiger partial charge in [-0.05, 0) is 29.0 Å². The number of aromatic nitrogens is 2. The predicted octanol–water partition coefficient (Wildman–Crippen LogP) is 3.37. The zero-order valence-electron chi connectivity index (χ0n) is 9.17. The molecule has 0 aliphatic rings. The van der Waals surface area contributed by atoms with Crippen molar-refractivity contribution in [2.75, 3.05) is 5.32 Å². The van der Waals surface area contributed by atoms with Crippen LogP contribution in [0.5, 0.6) is 0 Å². The van der Waals surface area contributed by atoms with E-state index in [1.165, 1.54) is 10.8 Å². The third-order valence-electron chi connectivity index (χ3n) is 2.57. The average Bonchev–Trinajstić information content (AvgIpc) is 2.40. The summed E-state index contributed by atoms with van der Waals surface area (Å²) in [4.78, 5) is 8.26. The Kier molecular flexibility index (Phi) is 2.43. The Morgan fingerprint density at radius 3 is 2.35 bits per heavy atom. The number of benzene rings is 2. The van der Waals surface area contributed by atoms with E-state index in [0.29, 0.717) is 5.95 Å². The molecular weight excluding hydrogens is 210 g/mol. The first kappa shape index (κ1) is 9.78. The van der Waals surface area contributed by atoms with Gasteiger partial charge in [0, 0.05) is 18.1 Å². The molecule has 3 rings (SSSR count). The van der Waals surface area contributed by atoms with Crippen LogP contribution in [0.4, 0.5) is 11.6 Å². The molecule has 0 unspecified atom stereocenters. The lowest BCUT2D eigenvalue weighted by atomic mass is 10.1. The van der Waals surface area contributed by atoms with Crippen LogP contribution in [0.1, 0.15) is 0 Å². The summed E-state index contributed by atoms with van der Waals surface area (Å²) in [5.74, 6) is 0.614. The predicted molar refractivity (Wildman–Crippen MR) is 69.3 cm³/mol. The molecule has 2 aromatic carbocycles. The fraction of sp³-hybridized carbons (Fsp3) is 0. The van der Waals surface area contributed by atoms with Crippen molar-refractivity contribution in [1.82, 2.24) is 9.97 Å². The van der Waals surface area contributed by atoms with E-state index in [1.807, 2.05) is 18.2 Å². The third kappa shape index (κ3) is 2.08. The van der Waals surface area contributed by atoms with E-state index in [0.717, 1.165) is 5.69 Å². The molecule has 3 aromatic rings. The van der Waals surface area contributed by atoms with Crippen LogP contribution >= 0.6 is 0 Å². The van der Waals surface area contributed by atoms with Gasteiger partial charge in [0.05, 0.1) is 0 Å². The molecule has 17 heavy (non-hydrogen) atoms. The summed E-state index contributed by atoms with van der Waals surface area (Å²) >= 11 is 0. The first-order valence-corrected chi connectivity index (χ1v) is 5.45. The highest BCUT2D eigenvalue weighted by atomic mass is 15.1. The Morgan fingerprint density at radius 1 is 0.765 bits per heavy atom. The summed E-state index contributed by atoms with van der Waals surface area (Å²) in [6, 6.07) is 16.3. The van der Waals surface area contributed by atoms with E-state index >= 15 is 0 Å². The van der Waals surface area contributed by atoms with Crippen LogP contribution in [-0.4, -0.2) is 9.97 Å². The molecule has 0 aliphatic carbocycles. The molecule has 0 atom stereocenters. The summed E-state index contributed by atoms with van der Waals surface area (Å²) in [6.07, 6.45) is 3.44. The lowest BCUT2D eigenvalue weighted by Gasteiger charge is -2.05. The van der Waals surface area contributed by atoms with Gasteiger partial charge in [-0.15, -0.1) is 0 Å². The van der Waals surface area contributed by atoms with Crippen molar-refractivity contribution in [3.8, 4) is 0 Å². The maximum Gasteiger partial charge on any atom is 0.227 e. The maximum absolute atomic E-state index is 4.13. The van der Waals surface area contributed by atoms with Gasteiger partial charge in [-0.3, -0.25) is 0 Å². The van der Waals surface area contributed by atoms with Gasteiger partial charge < -0.3 is 5.32 Å². The molecular formula is C14H11N3. The minimum Gasteiger partial charge on any atom is -0.324 e. The van der Waals surface area contributed by atoms with Crippen molar-refractivity contribution in [3.63, 3.8) is 0 Å². The fourth-order valence-corrected chi connectivity index (χ4v) is 1.76. The highest BCUT2D eigenvalue weighted by molar-refractivity contribution is 5.86. The Labute approximate surface area is 99.2 Å². The molecule has 0 saturated heterocycles. The van der Waals surface area contributed by atoms with Crippen molar-refractivity contribution in [2.45, 2.75) is 0 Å². The van der Waals surface area contributed by atoms with Gasteiger partial charge in [0.25, 0.3) is 0 Å². The van der Waals surface area contributed by atoms with Gasteiger partial charge in [-0.25, -0.2) is 9.97 Å². The number of rotatable bonds is 2. The molecule has 1 N–H and O–H groups in total. The minimum absolute atomic E-state index is 0.614. The Hall–Kier alpha value is -2.42. The molecule has 0 saturated carbocycles. The second-order valence-electron chi connectivity index (χ2n) is 3.76. The highest BCUT2D eigenvalue weighted by Gasteiger charge is 1.97. The Balaban J connectivity index is 1.96. The van der Waals surface area contributed by atoms with Crippen LogP contribution in [0.3, 0.4) is 0 Å². The summed E-state index contributed by atoms with van der Waals surface area (Å²) in [5, 5.41) is 5.60. The fourth-order valence-electron chi connectivity index (χ4n) is 1.76. The zero-order chi connectivity index (χ0) is 11.5. The molecule has 82 valence electrons. The standard InChI is InChI=1S/C14H11N3/c1-2-5-12-10-13(7-6-11(12)4-1)17-14-15-8-3-9-16-14/h1-10H,(H,15,16,17). The lowest BCUT2D eigenvalue weighted by Crippen LogP contribution is -1.95. The van der Waals surface area contributed by atoms with Gasteiger partial charge in [0.1, 0.15) is 0 Å². The van der Waals surface area contributed by atoms with E-state index in [9.17, 15) is 0 Å². The SMILES string of the molecule is c1cnc(Nc2ccc3ccccc3c2)nc1. The smallest absolute Gasteiger partial charge is 0.227 e. The van der Waals surface area contributed by atoms with E-state index in [1.54, 1.807) is 18.5 Å². The average molecular weight is 221 g/mol. The molecule has 0 fully saturated rings. The molecule has 0 spiro atoms. The summed E-state index contributed by atoms with van der Waals surface area (Å²) < 4.78 is 0. The lowest BCUT2D eigenvalue weighted by molar-refractivity contribution is 1.17. The molecule has 3 nitrogen and oxygen atoms in total. The summed E-state index contributed by atoms with van der Waals surface area (Å²) in [5.41, 5.74) is 0.995. The molecule has 1 heterocycles. The second-order valence-corrected chi connectivity index (χ2v) is 3.76. The second kappa shape index (κ2) is 4.22. The van der Waals surface area contributed by atoms with E-state index in [4.69, 9.17) is 0 Å². The first-order valence-electron chi connectivity index (χ1n) is 5.45. The van der Waals surface area contributed by atoms with Crippen molar-refractivity contribution in [3.05, 3.63) is 60.9 Å². The van der Waals surface area contributed by atoms with Crippen LogP contribution in [-0.2, 0) is 0 Å². The van der Waals surface area contributed by atoms with Crippen molar-refractivity contribution >= 4 is 22.4 Å². The van der Waals surface area contributed by atoms with Crippen molar-refractivity contribution in [2.24, 2.45) is 0 Å². The molecule has 1 aromatic heterocycles. The topological polar surface area (TPSA) is 37.8 Å². The Bertz CT molecular complexity index is 635. The van der Waals surface area contributed by atoms with Gasteiger partial charge in [-0.2, -0.15) is 0 Å². The first-order chi connectivity index (χ1) is 8.42. The normalized spacial score (nSPS) is 10.4. The number of nitrogens with zero attached hydrogens (tertiary/aromatic N) is 2. The van der Waals surface area contributed by atoms with Gasteiger partial charge in [0.2, 0.25) is 5.95 Å². The minimum atomic E-state index is 0.614. The van der Waals surface area contributed by atoms with Crippen LogP contribution < -0.4 is 5.32 Å². The molecule has 0 radical (unpaired) electrons. The number of hydrogen-bond acceptors (Lipinski definition) is 3. The van der Waals surface area contributed by atoms with Crippen LogP contribution in [0.25, 0.3) is 10.8 Å². The quantitative estimate of drug-likeness (QED) is 0.721. The molecule has 0 amide bonds. The molecule has 0 bridgehead atoms. The molecule has 0 aliphatic heterocycles. The van der Waals surface area contributed by atoms with Gasteiger partial charge in [0.15, 0.2) is 0 Å². The van der Waals surface area contributed by atoms with Gasteiger partial charge >= 0.3 is 0 Å². The third-order valence-corrected chi connectivity index (χ3v) is 2.57. The summed E-state index contributed by atoms with van der Waals surface area (Å²) in [6.45, 7) is 0. The maximum atomic E-state index is 4.13. The monoisotopic (exact) mass is 221 g/mol. The van der Waals surface area contributed by atoms with Crippen LogP contribution in [0, 0.1) is 0 Å². The largest absolute Gasteiger partial charge is 0.324 e. The van der Waals surface area contributed by atoms with Crippen LogP contribution in [0.2, 0.25) is 0 Å². The van der Waals surface area contributed by atoms with Crippen molar-refractivity contribution in [1.29, 1.82) is 0 Å². The number of nitrogens with one attached hydrogen (secondary N) is 1. The van der Waals surface area contributed by atoms with E-state index in [-0.39, 0.29) is 0 Å². The van der Waals surface area contributed by atoms with E-state index < -0.39 is 0 Å². The number of anilines is 2. The summed E-state index contributed by atoms with van der Waals surface area (Å²) in [7, 11) is 0. The molecule has 3 heteroatoms. The number of fused-ring (bicyclic) bond motifs is 1. The van der Waals surface area contributed by atoms with Crippen LogP contribution in [0.15, 0.2) is 60.9 Å². The Morgan fingerprint density at radius 2 is 1.53 bits per heavy atom. The van der Waals surface area contributed by atoms with Gasteiger partial charge in [-0.1, -0.05) is 30.3 Å². The number of hydrogen-bond donors (Lipinski definition) is 1.